The third kappa shape index (κ3) is 2.23. The van der Waals surface area contributed by atoms with E-state index < -0.39 is 6.04 Å². The minimum atomic E-state index is -0.582. The Balaban J connectivity index is 2.17. The van der Waals surface area contributed by atoms with E-state index in [1.807, 2.05) is 6.07 Å². The van der Waals surface area contributed by atoms with E-state index in [2.05, 4.69) is 28.3 Å². The molecule has 0 aliphatic rings. The van der Waals surface area contributed by atoms with Crippen LogP contribution in [-0.2, 0) is 16.0 Å². The van der Waals surface area contributed by atoms with Crippen molar-refractivity contribution in [2.75, 3.05) is 7.11 Å². The molecule has 4 heteroatoms. The quantitative estimate of drug-likeness (QED) is 0.827. The Morgan fingerprint density at radius 1 is 1.50 bits per heavy atom. The van der Waals surface area contributed by atoms with Crippen molar-refractivity contribution in [1.82, 2.24) is 0 Å². The summed E-state index contributed by atoms with van der Waals surface area (Å²) in [5, 5.41) is 3.24. The topological polar surface area (TPSA) is 52.3 Å². The zero-order valence-electron chi connectivity index (χ0n) is 8.97. The molecule has 2 N–H and O–H groups in total. The van der Waals surface area contributed by atoms with Gasteiger partial charge in [0.05, 0.1) is 7.11 Å². The van der Waals surface area contributed by atoms with Gasteiger partial charge in [0.2, 0.25) is 0 Å². The number of hydrogen-bond acceptors (Lipinski definition) is 4. The van der Waals surface area contributed by atoms with Gasteiger partial charge in [-0.15, -0.1) is 11.3 Å². The molecule has 2 rings (SSSR count). The Kier molecular flexibility index (Phi) is 3.22. The molecular formula is C12H13NO2S. The van der Waals surface area contributed by atoms with E-state index in [0.29, 0.717) is 6.42 Å². The van der Waals surface area contributed by atoms with Crippen molar-refractivity contribution in [2.24, 2.45) is 5.73 Å². The molecule has 0 spiro atoms. The fourth-order valence-electron chi connectivity index (χ4n) is 1.63. The highest BCUT2D eigenvalue weighted by Crippen LogP contribution is 2.22. The molecule has 1 heterocycles. The van der Waals surface area contributed by atoms with Gasteiger partial charge in [-0.25, -0.2) is 0 Å². The third-order valence-electron chi connectivity index (χ3n) is 2.48. The normalized spacial score (nSPS) is 12.6. The van der Waals surface area contributed by atoms with Gasteiger partial charge >= 0.3 is 5.97 Å². The van der Waals surface area contributed by atoms with Crippen LogP contribution < -0.4 is 5.73 Å². The lowest BCUT2D eigenvalue weighted by Crippen LogP contribution is -2.33. The molecular weight excluding hydrogens is 222 g/mol. The van der Waals surface area contributed by atoms with Crippen LogP contribution >= 0.6 is 11.3 Å². The molecule has 1 atom stereocenters. The molecule has 0 unspecified atom stereocenters. The number of methoxy groups -OCH3 is 1. The predicted octanol–water partition coefficient (Wildman–Crippen LogP) is 1.94. The number of thiophene rings is 1. The van der Waals surface area contributed by atoms with Gasteiger partial charge < -0.3 is 10.5 Å². The summed E-state index contributed by atoms with van der Waals surface area (Å²) >= 11 is 1.70. The number of ether oxygens (including phenoxy) is 1. The molecule has 1 aromatic carbocycles. The fourth-order valence-corrected chi connectivity index (χ4v) is 2.40. The van der Waals surface area contributed by atoms with Crippen LogP contribution in [0, 0.1) is 0 Å². The van der Waals surface area contributed by atoms with Crippen molar-refractivity contribution in [3.63, 3.8) is 0 Å². The molecule has 0 saturated heterocycles. The molecule has 0 saturated carbocycles. The number of hydrogen-bond donors (Lipinski definition) is 1. The second kappa shape index (κ2) is 4.63. The second-order valence-corrected chi connectivity index (χ2v) is 4.57. The zero-order chi connectivity index (χ0) is 11.5. The molecule has 1 aromatic heterocycles. The van der Waals surface area contributed by atoms with Crippen molar-refractivity contribution in [3.8, 4) is 0 Å². The fraction of sp³-hybridized carbons (Fsp3) is 0.250. The van der Waals surface area contributed by atoms with E-state index in [-0.39, 0.29) is 5.97 Å². The SMILES string of the molecule is COC(=O)[C@@H](N)Cc1ccc2sccc2c1. The maximum atomic E-state index is 11.2. The van der Waals surface area contributed by atoms with Gasteiger partial charge in [-0.2, -0.15) is 0 Å². The summed E-state index contributed by atoms with van der Waals surface area (Å²) in [6.45, 7) is 0. The van der Waals surface area contributed by atoms with Gasteiger partial charge in [-0.1, -0.05) is 12.1 Å². The summed E-state index contributed by atoms with van der Waals surface area (Å²) in [7, 11) is 1.35. The standard InChI is InChI=1S/C12H13NO2S/c1-15-12(14)10(13)7-8-2-3-11-9(6-8)4-5-16-11/h2-6,10H,7,13H2,1H3/t10-/m0/s1. The maximum absolute atomic E-state index is 11.2. The third-order valence-corrected chi connectivity index (χ3v) is 3.37. The van der Waals surface area contributed by atoms with Gasteiger partial charge in [-0.05, 0) is 34.9 Å². The van der Waals surface area contributed by atoms with Crippen LogP contribution in [0.5, 0.6) is 0 Å². The molecule has 0 radical (unpaired) electrons. The van der Waals surface area contributed by atoms with Crippen molar-refractivity contribution < 1.29 is 9.53 Å². The summed E-state index contributed by atoms with van der Waals surface area (Å²) < 4.78 is 5.84. The predicted molar refractivity (Wildman–Crippen MR) is 65.5 cm³/mol. The maximum Gasteiger partial charge on any atom is 0.322 e. The molecule has 3 nitrogen and oxygen atoms in total. The number of esters is 1. The summed E-state index contributed by atoms with van der Waals surface area (Å²) in [4.78, 5) is 11.2. The summed E-state index contributed by atoms with van der Waals surface area (Å²) in [6.07, 6.45) is 0.512. The van der Waals surface area contributed by atoms with Crippen LogP contribution in [0.3, 0.4) is 0 Å². The first-order chi connectivity index (χ1) is 7.70. The molecule has 84 valence electrons. The number of rotatable bonds is 3. The van der Waals surface area contributed by atoms with Crippen LogP contribution in [-0.4, -0.2) is 19.1 Å². The monoisotopic (exact) mass is 235 g/mol. The Bertz CT molecular complexity index is 506. The Labute approximate surface area is 97.8 Å². The first kappa shape index (κ1) is 11.1. The molecule has 2 aromatic rings. The molecule has 0 bridgehead atoms. The molecule has 0 aliphatic carbocycles. The first-order valence-corrected chi connectivity index (χ1v) is 5.88. The van der Waals surface area contributed by atoms with E-state index in [0.717, 1.165) is 5.56 Å². The smallest absolute Gasteiger partial charge is 0.322 e. The van der Waals surface area contributed by atoms with E-state index in [4.69, 9.17) is 5.73 Å². The average molecular weight is 235 g/mol. The number of benzene rings is 1. The highest BCUT2D eigenvalue weighted by atomic mass is 32.1. The van der Waals surface area contributed by atoms with E-state index in [9.17, 15) is 4.79 Å². The largest absolute Gasteiger partial charge is 0.468 e. The van der Waals surface area contributed by atoms with Crippen LogP contribution in [0.25, 0.3) is 10.1 Å². The van der Waals surface area contributed by atoms with Crippen LogP contribution in [0.15, 0.2) is 29.6 Å². The van der Waals surface area contributed by atoms with Crippen LogP contribution in [0.4, 0.5) is 0 Å². The van der Waals surface area contributed by atoms with E-state index >= 15 is 0 Å². The van der Waals surface area contributed by atoms with Crippen LogP contribution in [0.1, 0.15) is 5.56 Å². The van der Waals surface area contributed by atoms with Crippen molar-refractivity contribution >= 4 is 27.4 Å². The molecule has 0 aliphatic heterocycles. The Morgan fingerprint density at radius 3 is 3.06 bits per heavy atom. The van der Waals surface area contributed by atoms with Gasteiger partial charge in [0.1, 0.15) is 6.04 Å². The summed E-state index contributed by atoms with van der Waals surface area (Å²) in [5.74, 6) is -0.370. The molecule has 0 fully saturated rings. The summed E-state index contributed by atoms with van der Waals surface area (Å²) in [6, 6.07) is 7.60. The number of carbonyl (C=O) groups excluding carboxylic acids is 1. The van der Waals surface area contributed by atoms with E-state index in [1.54, 1.807) is 11.3 Å². The lowest BCUT2D eigenvalue weighted by atomic mass is 10.1. The van der Waals surface area contributed by atoms with Crippen molar-refractivity contribution in [2.45, 2.75) is 12.5 Å². The van der Waals surface area contributed by atoms with Gasteiger partial charge in [-0.3, -0.25) is 4.79 Å². The lowest BCUT2D eigenvalue weighted by molar-refractivity contribution is -0.142. The van der Waals surface area contributed by atoms with E-state index in [1.165, 1.54) is 17.2 Å². The Hall–Kier alpha value is -1.39. The van der Waals surface area contributed by atoms with Gasteiger partial charge in [0.25, 0.3) is 0 Å². The van der Waals surface area contributed by atoms with Gasteiger partial charge in [0, 0.05) is 4.70 Å². The molecule has 0 amide bonds. The minimum Gasteiger partial charge on any atom is -0.468 e. The number of fused-ring (bicyclic) bond motifs is 1. The highest BCUT2D eigenvalue weighted by Gasteiger charge is 2.14. The van der Waals surface area contributed by atoms with Gasteiger partial charge in [0.15, 0.2) is 0 Å². The second-order valence-electron chi connectivity index (χ2n) is 3.63. The average Bonchev–Trinajstić information content (AvgIpc) is 2.75. The minimum absolute atomic E-state index is 0.370. The highest BCUT2D eigenvalue weighted by molar-refractivity contribution is 7.17. The van der Waals surface area contributed by atoms with Crippen molar-refractivity contribution in [1.29, 1.82) is 0 Å². The number of nitrogens with two attached hydrogens (primary N) is 1. The zero-order valence-corrected chi connectivity index (χ0v) is 9.79. The molecule has 16 heavy (non-hydrogen) atoms. The lowest BCUT2D eigenvalue weighted by Gasteiger charge is -2.08. The van der Waals surface area contributed by atoms with Crippen molar-refractivity contribution in [3.05, 3.63) is 35.2 Å². The first-order valence-electron chi connectivity index (χ1n) is 5.00. The number of carbonyl (C=O) groups is 1. The Morgan fingerprint density at radius 2 is 2.31 bits per heavy atom. The van der Waals surface area contributed by atoms with Crippen LogP contribution in [0.2, 0.25) is 0 Å². The summed E-state index contributed by atoms with van der Waals surface area (Å²) in [5.41, 5.74) is 6.77.